The second kappa shape index (κ2) is 12.1. The Kier molecular flexibility index (Phi) is 8.86. The predicted octanol–water partition coefficient (Wildman–Crippen LogP) is 4.49. The standard InChI is InChI=1S/C27H31N2O5PS/c30-26(18-36-19-35(32,33)34)29-15-7-6-12-25(29)27(31)28-24(22-9-2-1-3-10-22)17-20-13-14-21-8-4-5-11-23(21)16-20/h1-5,8-11,13-14,16,24-25H,6-7,12,15,17-19H2,(H,28,31)(H2,32,33,34)/t24?,25-/m0/s1. The molecule has 2 amide bonds. The molecule has 0 spiro atoms. The molecule has 4 rings (SSSR count). The van der Waals surface area contributed by atoms with Gasteiger partial charge in [-0.15, -0.1) is 11.8 Å². The molecule has 0 aliphatic carbocycles. The van der Waals surface area contributed by atoms with Crippen LogP contribution in [-0.4, -0.2) is 50.3 Å². The van der Waals surface area contributed by atoms with E-state index in [1.807, 2.05) is 42.5 Å². The number of nitrogens with one attached hydrogen (secondary N) is 1. The first-order chi connectivity index (χ1) is 17.3. The van der Waals surface area contributed by atoms with Crippen LogP contribution in [0.5, 0.6) is 0 Å². The van der Waals surface area contributed by atoms with Gasteiger partial charge in [-0.2, -0.15) is 0 Å². The summed E-state index contributed by atoms with van der Waals surface area (Å²) in [4.78, 5) is 46.0. The molecule has 0 bridgehead atoms. The van der Waals surface area contributed by atoms with E-state index in [0.717, 1.165) is 46.5 Å². The number of piperidine rings is 1. The zero-order valence-electron chi connectivity index (χ0n) is 20.0. The lowest BCUT2D eigenvalue weighted by atomic mass is 9.95. The van der Waals surface area contributed by atoms with Crippen molar-refractivity contribution >= 4 is 41.9 Å². The monoisotopic (exact) mass is 526 g/mol. The zero-order chi connectivity index (χ0) is 25.5. The third-order valence-electron chi connectivity index (χ3n) is 6.38. The molecule has 9 heteroatoms. The minimum absolute atomic E-state index is 0.0614. The number of fused-ring (bicyclic) bond motifs is 1. The first-order valence-corrected chi connectivity index (χ1v) is 15.0. The van der Waals surface area contributed by atoms with Crippen molar-refractivity contribution in [1.82, 2.24) is 10.2 Å². The number of thioether (sulfide) groups is 1. The van der Waals surface area contributed by atoms with Crippen LogP contribution in [0.25, 0.3) is 10.8 Å². The average molecular weight is 527 g/mol. The van der Waals surface area contributed by atoms with E-state index in [0.29, 0.717) is 19.4 Å². The van der Waals surface area contributed by atoms with E-state index in [4.69, 9.17) is 9.79 Å². The van der Waals surface area contributed by atoms with E-state index in [1.54, 1.807) is 4.90 Å². The van der Waals surface area contributed by atoms with Crippen LogP contribution in [0.3, 0.4) is 0 Å². The maximum absolute atomic E-state index is 13.5. The minimum Gasteiger partial charge on any atom is -0.347 e. The van der Waals surface area contributed by atoms with E-state index >= 15 is 0 Å². The van der Waals surface area contributed by atoms with Crippen LogP contribution in [0.2, 0.25) is 0 Å². The summed E-state index contributed by atoms with van der Waals surface area (Å²) in [6.07, 6.45) is 2.83. The zero-order valence-corrected chi connectivity index (χ0v) is 21.7. The van der Waals surface area contributed by atoms with Gasteiger partial charge >= 0.3 is 7.60 Å². The summed E-state index contributed by atoms with van der Waals surface area (Å²) >= 11 is 0.903. The van der Waals surface area contributed by atoms with Gasteiger partial charge in [0.15, 0.2) is 0 Å². The summed E-state index contributed by atoms with van der Waals surface area (Å²) in [7, 11) is -4.19. The van der Waals surface area contributed by atoms with Crippen molar-refractivity contribution in [2.24, 2.45) is 0 Å². The molecule has 3 N–H and O–H groups in total. The SMILES string of the molecule is O=C(NC(Cc1ccc2ccccc2c1)c1ccccc1)[C@@H]1CCCCN1C(=O)CSCP(=O)(O)O. The van der Waals surface area contributed by atoms with Crippen molar-refractivity contribution in [2.45, 2.75) is 37.8 Å². The molecular formula is C27H31N2O5PS. The van der Waals surface area contributed by atoms with Crippen molar-refractivity contribution in [1.29, 1.82) is 0 Å². The Balaban J connectivity index is 1.49. The largest absolute Gasteiger partial charge is 0.347 e. The van der Waals surface area contributed by atoms with Crippen LogP contribution < -0.4 is 5.32 Å². The summed E-state index contributed by atoms with van der Waals surface area (Å²) < 4.78 is 11.1. The third kappa shape index (κ3) is 7.20. The Morgan fingerprint density at radius 3 is 2.47 bits per heavy atom. The summed E-state index contributed by atoms with van der Waals surface area (Å²) in [5.74, 6) is -0.523. The fraction of sp³-hybridized carbons (Fsp3) is 0.333. The average Bonchev–Trinajstić information content (AvgIpc) is 2.88. The smallest absolute Gasteiger partial charge is 0.335 e. The molecule has 36 heavy (non-hydrogen) atoms. The molecule has 3 aromatic rings. The lowest BCUT2D eigenvalue weighted by Gasteiger charge is -2.35. The molecule has 1 aliphatic rings. The molecule has 190 valence electrons. The fourth-order valence-electron chi connectivity index (χ4n) is 4.64. The summed E-state index contributed by atoms with van der Waals surface area (Å²) in [6.45, 7) is 0.466. The van der Waals surface area contributed by atoms with Crippen LogP contribution in [0.4, 0.5) is 0 Å². The Morgan fingerprint density at radius 1 is 1.00 bits per heavy atom. The van der Waals surface area contributed by atoms with E-state index in [1.165, 1.54) is 0 Å². The Bertz CT molecular complexity index is 1250. The van der Waals surface area contributed by atoms with Crippen LogP contribution in [0.15, 0.2) is 72.8 Å². The van der Waals surface area contributed by atoms with Gasteiger partial charge in [0, 0.05) is 6.54 Å². The van der Waals surface area contributed by atoms with E-state index in [9.17, 15) is 14.2 Å². The van der Waals surface area contributed by atoms with Gasteiger partial charge in [0.1, 0.15) is 6.04 Å². The van der Waals surface area contributed by atoms with Gasteiger partial charge in [-0.1, -0.05) is 72.8 Å². The molecule has 7 nitrogen and oxygen atoms in total. The highest BCUT2D eigenvalue weighted by atomic mass is 32.2. The van der Waals surface area contributed by atoms with Crippen LogP contribution in [0, 0.1) is 0 Å². The maximum atomic E-state index is 13.5. The third-order valence-corrected chi connectivity index (χ3v) is 8.91. The molecule has 2 atom stereocenters. The van der Waals surface area contributed by atoms with Crippen LogP contribution >= 0.6 is 19.4 Å². The van der Waals surface area contributed by atoms with Gasteiger partial charge in [-0.05, 0) is 47.6 Å². The minimum atomic E-state index is -4.19. The predicted molar refractivity (Wildman–Crippen MR) is 144 cm³/mol. The molecule has 0 aromatic heterocycles. The van der Waals surface area contributed by atoms with Gasteiger partial charge in [0.05, 0.1) is 17.3 Å². The topological polar surface area (TPSA) is 107 Å². The molecule has 1 saturated heterocycles. The molecule has 1 fully saturated rings. The Morgan fingerprint density at radius 2 is 1.72 bits per heavy atom. The molecule has 0 radical (unpaired) electrons. The summed E-state index contributed by atoms with van der Waals surface area (Å²) in [6, 6.07) is 23.5. The van der Waals surface area contributed by atoms with Crippen molar-refractivity contribution in [2.75, 3.05) is 17.8 Å². The highest BCUT2D eigenvalue weighted by Crippen LogP contribution is 2.38. The normalized spacial score (nSPS) is 17.1. The number of carbonyl (C=O) groups is 2. The molecule has 1 aliphatic heterocycles. The number of nitrogens with zero attached hydrogens (tertiary/aromatic N) is 1. The summed E-state index contributed by atoms with van der Waals surface area (Å²) in [5.41, 5.74) is 1.68. The van der Waals surface area contributed by atoms with Gasteiger partial charge in [0.25, 0.3) is 0 Å². The lowest BCUT2D eigenvalue weighted by molar-refractivity contribution is -0.140. The van der Waals surface area contributed by atoms with Gasteiger partial charge in [-0.25, -0.2) is 0 Å². The molecule has 0 saturated carbocycles. The quantitative estimate of drug-likeness (QED) is 0.355. The van der Waals surface area contributed by atoms with Gasteiger partial charge in [-0.3, -0.25) is 14.2 Å². The lowest BCUT2D eigenvalue weighted by Crippen LogP contribution is -2.53. The number of rotatable bonds is 9. The number of carbonyl (C=O) groups excluding carboxylic acids is 2. The fourth-order valence-corrected chi connectivity index (χ4v) is 6.30. The van der Waals surface area contributed by atoms with Crippen molar-refractivity contribution < 1.29 is 23.9 Å². The summed E-state index contributed by atoms with van der Waals surface area (Å²) in [5, 5.41) is 5.51. The van der Waals surface area contributed by atoms with Gasteiger partial charge < -0.3 is 20.0 Å². The molecule has 3 aromatic carbocycles. The van der Waals surface area contributed by atoms with E-state index < -0.39 is 19.1 Å². The first-order valence-electron chi connectivity index (χ1n) is 12.0. The van der Waals surface area contributed by atoms with Gasteiger partial charge in [0.2, 0.25) is 11.8 Å². The van der Waals surface area contributed by atoms with Crippen LogP contribution in [-0.2, 0) is 20.6 Å². The number of amides is 2. The van der Waals surface area contributed by atoms with Crippen LogP contribution in [0.1, 0.15) is 36.4 Å². The maximum Gasteiger partial charge on any atom is 0.335 e. The number of likely N-dealkylation sites (tertiary alicyclic amines) is 1. The first kappa shape index (κ1) is 26.4. The van der Waals surface area contributed by atoms with E-state index in [2.05, 4.69) is 35.6 Å². The number of hydrogen-bond acceptors (Lipinski definition) is 4. The highest BCUT2D eigenvalue weighted by Gasteiger charge is 2.33. The second-order valence-electron chi connectivity index (χ2n) is 9.10. The highest BCUT2D eigenvalue weighted by molar-refractivity contribution is 8.04. The van der Waals surface area contributed by atoms with Crippen molar-refractivity contribution in [3.63, 3.8) is 0 Å². The second-order valence-corrected chi connectivity index (χ2v) is 12.2. The molecular weight excluding hydrogens is 495 g/mol. The molecule has 1 heterocycles. The van der Waals surface area contributed by atoms with E-state index in [-0.39, 0.29) is 23.6 Å². The Hall–Kier alpha value is -2.64. The van der Waals surface area contributed by atoms with Crippen molar-refractivity contribution in [3.8, 4) is 0 Å². The number of benzene rings is 3. The van der Waals surface area contributed by atoms with Crippen molar-refractivity contribution in [3.05, 3.63) is 83.9 Å². The number of hydrogen-bond donors (Lipinski definition) is 3. The Labute approximate surface area is 215 Å². The molecule has 1 unspecified atom stereocenters.